The summed E-state index contributed by atoms with van der Waals surface area (Å²) in [6, 6.07) is 5.54. The van der Waals surface area contributed by atoms with Crippen LogP contribution >= 0.6 is 0 Å². The number of amides is 1. The van der Waals surface area contributed by atoms with Gasteiger partial charge in [-0.25, -0.2) is 4.98 Å². The summed E-state index contributed by atoms with van der Waals surface area (Å²) in [5.41, 5.74) is 2.19. The highest BCUT2D eigenvalue weighted by Gasteiger charge is 2.20. The lowest BCUT2D eigenvalue weighted by atomic mass is 10.1. The van der Waals surface area contributed by atoms with Crippen LogP contribution in [0.15, 0.2) is 24.4 Å². The highest BCUT2D eigenvalue weighted by molar-refractivity contribution is 6.01. The summed E-state index contributed by atoms with van der Waals surface area (Å²) in [6.45, 7) is 7.99. The van der Waals surface area contributed by atoms with E-state index in [9.17, 15) is 10.0 Å². The first-order valence-electron chi connectivity index (χ1n) is 11.2. The third kappa shape index (κ3) is 4.44. The third-order valence-corrected chi connectivity index (χ3v) is 5.67. The molecule has 166 valence electrons. The molecule has 0 aliphatic carbocycles. The van der Waals surface area contributed by atoms with Crippen molar-refractivity contribution in [1.29, 1.82) is 0 Å². The summed E-state index contributed by atoms with van der Waals surface area (Å²) in [5, 5.41) is 13.4. The van der Waals surface area contributed by atoms with Gasteiger partial charge in [0.2, 0.25) is 17.6 Å². The van der Waals surface area contributed by atoms with Gasteiger partial charge in [-0.15, -0.1) is 0 Å². The molecule has 1 aliphatic heterocycles. The second-order valence-electron chi connectivity index (χ2n) is 7.87. The van der Waals surface area contributed by atoms with Crippen LogP contribution in [0.3, 0.4) is 0 Å². The number of pyridine rings is 1. The van der Waals surface area contributed by atoms with E-state index in [1.54, 1.807) is 6.07 Å². The van der Waals surface area contributed by atoms with Gasteiger partial charge >= 0.3 is 0 Å². The average Bonchev–Trinajstić information content (AvgIpc) is 3.33. The lowest BCUT2D eigenvalue weighted by Gasteiger charge is -2.15. The SMILES string of the molecule is CCCn1c(COCC)nc2c[n+]([O-])c3ccc(OCCCN4CCCC4=O)cc3c21. The molecule has 31 heavy (non-hydrogen) atoms. The zero-order chi connectivity index (χ0) is 21.8. The summed E-state index contributed by atoms with van der Waals surface area (Å²) in [7, 11) is 0. The normalized spacial score (nSPS) is 14.3. The van der Waals surface area contributed by atoms with E-state index < -0.39 is 0 Å². The van der Waals surface area contributed by atoms with Crippen LogP contribution < -0.4 is 9.47 Å². The quantitative estimate of drug-likeness (QED) is 0.282. The van der Waals surface area contributed by atoms with Crippen molar-refractivity contribution in [2.45, 2.75) is 52.7 Å². The molecule has 1 fully saturated rings. The van der Waals surface area contributed by atoms with Crippen molar-refractivity contribution >= 4 is 27.8 Å². The van der Waals surface area contributed by atoms with E-state index in [1.807, 2.05) is 24.0 Å². The molecule has 2 aromatic heterocycles. The fourth-order valence-electron chi connectivity index (χ4n) is 4.21. The van der Waals surface area contributed by atoms with Gasteiger partial charge in [-0.1, -0.05) is 6.92 Å². The fraction of sp³-hybridized carbons (Fsp3) is 0.522. The Labute approximate surface area is 181 Å². The van der Waals surface area contributed by atoms with Gasteiger partial charge < -0.3 is 24.1 Å². The predicted octanol–water partition coefficient (Wildman–Crippen LogP) is 3.16. The van der Waals surface area contributed by atoms with Crippen LogP contribution in [0.1, 0.15) is 45.4 Å². The van der Waals surface area contributed by atoms with Gasteiger partial charge in [-0.05, 0) is 38.3 Å². The van der Waals surface area contributed by atoms with E-state index in [0.29, 0.717) is 43.0 Å². The van der Waals surface area contributed by atoms with Crippen molar-refractivity contribution in [3.8, 4) is 5.75 Å². The zero-order valence-corrected chi connectivity index (χ0v) is 18.3. The molecule has 1 saturated heterocycles. The first kappa shape index (κ1) is 21.4. The predicted molar refractivity (Wildman–Crippen MR) is 118 cm³/mol. The topological polar surface area (TPSA) is 83.5 Å². The Bertz CT molecular complexity index is 1080. The van der Waals surface area contributed by atoms with Gasteiger partial charge in [-0.2, -0.15) is 4.73 Å². The monoisotopic (exact) mass is 426 g/mol. The lowest BCUT2D eigenvalue weighted by Crippen LogP contribution is -2.27. The van der Waals surface area contributed by atoms with E-state index in [2.05, 4.69) is 16.5 Å². The number of likely N-dealkylation sites (tertiary alicyclic amines) is 1. The molecule has 8 heteroatoms. The number of rotatable bonds is 10. The second kappa shape index (κ2) is 9.51. The highest BCUT2D eigenvalue weighted by Crippen LogP contribution is 2.28. The Hall–Kier alpha value is -2.87. The smallest absolute Gasteiger partial charge is 0.226 e. The van der Waals surface area contributed by atoms with Gasteiger partial charge in [0.25, 0.3) is 0 Å². The Morgan fingerprint density at radius 1 is 1.26 bits per heavy atom. The first-order valence-corrected chi connectivity index (χ1v) is 11.2. The molecule has 8 nitrogen and oxygen atoms in total. The van der Waals surface area contributed by atoms with Crippen LogP contribution in [0.2, 0.25) is 0 Å². The van der Waals surface area contributed by atoms with Gasteiger partial charge in [-0.3, -0.25) is 4.79 Å². The third-order valence-electron chi connectivity index (χ3n) is 5.67. The molecular formula is C23H30N4O4. The van der Waals surface area contributed by atoms with Gasteiger partial charge in [0.1, 0.15) is 18.2 Å². The van der Waals surface area contributed by atoms with Gasteiger partial charge in [0, 0.05) is 38.7 Å². The highest BCUT2D eigenvalue weighted by atomic mass is 16.5. The average molecular weight is 427 g/mol. The molecule has 3 heterocycles. The van der Waals surface area contributed by atoms with Crippen molar-refractivity contribution in [1.82, 2.24) is 14.5 Å². The Kier molecular flexibility index (Phi) is 6.56. The van der Waals surface area contributed by atoms with E-state index in [-0.39, 0.29) is 5.91 Å². The molecule has 0 atom stereocenters. The first-order chi connectivity index (χ1) is 15.1. The molecule has 1 aromatic carbocycles. The number of imidazole rings is 1. The molecule has 0 bridgehead atoms. The van der Waals surface area contributed by atoms with Gasteiger partial charge in [0.05, 0.1) is 17.5 Å². The van der Waals surface area contributed by atoms with E-state index in [4.69, 9.17) is 9.47 Å². The molecular weight excluding hydrogens is 396 g/mol. The van der Waals surface area contributed by atoms with Crippen molar-refractivity contribution in [3.63, 3.8) is 0 Å². The molecule has 0 unspecified atom stereocenters. The minimum Gasteiger partial charge on any atom is -0.618 e. The maximum atomic E-state index is 12.6. The minimum atomic E-state index is 0.236. The molecule has 0 spiro atoms. The summed E-state index contributed by atoms with van der Waals surface area (Å²) < 4.78 is 14.6. The van der Waals surface area contributed by atoms with Crippen LogP contribution in [0, 0.1) is 5.21 Å². The van der Waals surface area contributed by atoms with Crippen LogP contribution in [0.4, 0.5) is 0 Å². The van der Waals surface area contributed by atoms with Crippen molar-refractivity contribution in [2.75, 3.05) is 26.3 Å². The van der Waals surface area contributed by atoms with Crippen LogP contribution in [-0.4, -0.2) is 46.7 Å². The van der Waals surface area contributed by atoms with Crippen molar-refractivity contribution in [3.05, 3.63) is 35.4 Å². The number of ether oxygens (including phenoxy) is 2. The Morgan fingerprint density at radius 3 is 2.87 bits per heavy atom. The van der Waals surface area contributed by atoms with Crippen molar-refractivity contribution in [2.24, 2.45) is 0 Å². The number of carbonyl (C=O) groups is 1. The Morgan fingerprint density at radius 2 is 2.13 bits per heavy atom. The number of hydrogen-bond donors (Lipinski definition) is 0. The largest absolute Gasteiger partial charge is 0.618 e. The van der Waals surface area contributed by atoms with Gasteiger partial charge in [0.15, 0.2) is 5.52 Å². The van der Waals surface area contributed by atoms with Crippen LogP contribution in [0.5, 0.6) is 5.75 Å². The lowest BCUT2D eigenvalue weighted by molar-refractivity contribution is -0.575. The van der Waals surface area contributed by atoms with Crippen molar-refractivity contribution < 1.29 is 19.0 Å². The van der Waals surface area contributed by atoms with Crippen LogP contribution in [-0.2, 0) is 22.7 Å². The summed E-state index contributed by atoms with van der Waals surface area (Å²) >= 11 is 0. The number of aromatic nitrogens is 3. The summed E-state index contributed by atoms with van der Waals surface area (Å²) in [5.74, 6) is 1.77. The number of carbonyl (C=O) groups excluding carboxylic acids is 1. The maximum Gasteiger partial charge on any atom is 0.226 e. The zero-order valence-electron chi connectivity index (χ0n) is 18.3. The van der Waals surface area contributed by atoms with E-state index in [0.717, 1.165) is 60.4 Å². The summed E-state index contributed by atoms with van der Waals surface area (Å²) in [4.78, 5) is 18.3. The Balaban J connectivity index is 1.60. The standard InChI is InChI=1S/C23H30N4O4/c1-3-10-26-21(16-30-4-2)24-19-15-27(29)20-9-8-17(14-18(20)23(19)26)31-13-6-12-25-11-5-7-22(25)28/h8-9,14-15H,3-7,10-13,16H2,1-2H3. The number of hydrogen-bond acceptors (Lipinski definition) is 5. The molecule has 0 radical (unpaired) electrons. The number of nitrogens with zero attached hydrogens (tertiary/aromatic N) is 4. The number of aryl methyl sites for hydroxylation is 1. The molecule has 0 N–H and O–H groups in total. The summed E-state index contributed by atoms with van der Waals surface area (Å²) in [6.07, 6.45) is 4.87. The number of fused-ring (bicyclic) bond motifs is 3. The molecule has 1 amide bonds. The molecule has 3 aromatic rings. The second-order valence-corrected chi connectivity index (χ2v) is 7.87. The van der Waals surface area contributed by atoms with E-state index in [1.165, 1.54) is 6.20 Å². The molecule has 0 saturated carbocycles. The fourth-order valence-corrected chi connectivity index (χ4v) is 4.21. The molecule has 1 aliphatic rings. The van der Waals surface area contributed by atoms with E-state index >= 15 is 0 Å². The number of benzene rings is 1. The minimum absolute atomic E-state index is 0.236. The van der Waals surface area contributed by atoms with Crippen LogP contribution in [0.25, 0.3) is 21.9 Å². The maximum absolute atomic E-state index is 12.6. The molecule has 4 rings (SSSR count).